The summed E-state index contributed by atoms with van der Waals surface area (Å²) in [6.07, 6.45) is 4.70. The maximum Gasteiger partial charge on any atom is 0.243 e. The first-order valence-corrected chi connectivity index (χ1v) is 13.2. The number of nitrogens with one attached hydrogen (secondary N) is 1. The van der Waals surface area contributed by atoms with E-state index in [0.717, 1.165) is 5.56 Å². The van der Waals surface area contributed by atoms with Gasteiger partial charge < -0.3 is 19.9 Å². The highest BCUT2D eigenvalue weighted by molar-refractivity contribution is 7.11. The molecule has 3 amide bonds. The van der Waals surface area contributed by atoms with Crippen LogP contribution in [-0.2, 0) is 25.5 Å². The van der Waals surface area contributed by atoms with Crippen LogP contribution in [0, 0.1) is 0 Å². The minimum atomic E-state index is -0.728. The summed E-state index contributed by atoms with van der Waals surface area (Å²) >= 11 is 1.24. The fourth-order valence-electron chi connectivity index (χ4n) is 4.97. The number of hydrogen-bond donors (Lipinski definition) is 1. The molecule has 10 heteroatoms. The van der Waals surface area contributed by atoms with Crippen molar-refractivity contribution in [2.75, 3.05) is 26.8 Å². The third kappa shape index (κ3) is 6.17. The number of hydrogen-bond acceptors (Lipinski definition) is 7. The molecule has 3 heterocycles. The Bertz CT molecular complexity index is 1060. The Morgan fingerprint density at radius 3 is 2.75 bits per heavy atom. The van der Waals surface area contributed by atoms with Crippen LogP contribution in [0.15, 0.2) is 41.9 Å². The molecule has 0 radical (unpaired) electrons. The number of carbonyl (C=O) groups is 4. The van der Waals surface area contributed by atoms with E-state index in [2.05, 4.69) is 10.3 Å². The highest BCUT2D eigenvalue weighted by Gasteiger charge is 2.46. The van der Waals surface area contributed by atoms with Crippen LogP contribution in [0.25, 0.3) is 0 Å². The molecule has 0 spiro atoms. The Balaban J connectivity index is 1.35. The van der Waals surface area contributed by atoms with Crippen LogP contribution < -0.4 is 5.32 Å². The Labute approximate surface area is 214 Å². The minimum Gasteiger partial charge on any atom is -0.385 e. The summed E-state index contributed by atoms with van der Waals surface area (Å²) in [4.78, 5) is 59.4. The zero-order valence-electron chi connectivity index (χ0n) is 20.4. The van der Waals surface area contributed by atoms with E-state index in [1.54, 1.807) is 28.5 Å². The lowest BCUT2D eigenvalue weighted by atomic mass is 10.1. The van der Waals surface area contributed by atoms with Gasteiger partial charge in [0.2, 0.25) is 23.5 Å². The van der Waals surface area contributed by atoms with Crippen molar-refractivity contribution in [1.29, 1.82) is 0 Å². The number of aromatic nitrogens is 1. The number of aryl methyl sites for hydroxylation is 1. The average Bonchev–Trinajstić information content (AvgIpc) is 3.58. The smallest absolute Gasteiger partial charge is 0.243 e. The number of ether oxygens (including phenoxy) is 1. The van der Waals surface area contributed by atoms with Gasteiger partial charge in [0.15, 0.2) is 5.01 Å². The van der Waals surface area contributed by atoms with E-state index < -0.39 is 12.1 Å². The highest BCUT2D eigenvalue weighted by atomic mass is 32.1. The van der Waals surface area contributed by atoms with Crippen LogP contribution in [0.5, 0.6) is 0 Å². The van der Waals surface area contributed by atoms with Gasteiger partial charge >= 0.3 is 0 Å². The molecular formula is C26H32N4O5S. The number of fused-ring (bicyclic) bond motifs is 1. The van der Waals surface area contributed by atoms with Crippen molar-refractivity contribution in [2.24, 2.45) is 0 Å². The zero-order valence-corrected chi connectivity index (χ0v) is 21.2. The van der Waals surface area contributed by atoms with Crippen LogP contribution >= 0.6 is 11.3 Å². The molecule has 1 aromatic carbocycles. The van der Waals surface area contributed by atoms with Crippen molar-refractivity contribution in [2.45, 2.75) is 56.7 Å². The molecule has 0 aliphatic carbocycles. The number of Topliss-reactive ketones (excluding diaryl/α,β-unsaturated/α-hetero) is 1. The normalized spacial score (nSPS) is 20.2. The van der Waals surface area contributed by atoms with Gasteiger partial charge in [-0.3, -0.25) is 19.2 Å². The summed E-state index contributed by atoms with van der Waals surface area (Å²) in [5.74, 6) is -0.836. The minimum absolute atomic E-state index is 0.0246. The zero-order chi connectivity index (χ0) is 25.5. The number of methoxy groups -OCH3 is 1. The lowest BCUT2D eigenvalue weighted by Crippen LogP contribution is -2.60. The predicted octanol–water partition coefficient (Wildman–Crippen LogP) is 2.07. The fraction of sp³-hybridized carbons (Fsp3) is 0.500. The number of rotatable bonds is 11. The van der Waals surface area contributed by atoms with E-state index in [4.69, 9.17) is 4.74 Å². The molecule has 192 valence electrons. The van der Waals surface area contributed by atoms with Gasteiger partial charge in [-0.05, 0) is 37.7 Å². The molecule has 2 fully saturated rings. The second-order valence-corrected chi connectivity index (χ2v) is 10.1. The molecule has 2 saturated heterocycles. The molecule has 2 aliphatic rings. The van der Waals surface area contributed by atoms with Gasteiger partial charge in [-0.15, -0.1) is 11.3 Å². The van der Waals surface area contributed by atoms with E-state index in [1.807, 2.05) is 30.3 Å². The van der Waals surface area contributed by atoms with E-state index in [1.165, 1.54) is 11.3 Å². The summed E-state index contributed by atoms with van der Waals surface area (Å²) in [6, 6.07) is 8.23. The first-order chi connectivity index (χ1) is 17.5. The Morgan fingerprint density at radius 1 is 1.22 bits per heavy atom. The van der Waals surface area contributed by atoms with Gasteiger partial charge in [0.05, 0.1) is 18.6 Å². The molecule has 3 atom stereocenters. The number of nitrogens with zero attached hydrogens (tertiary/aromatic N) is 3. The van der Waals surface area contributed by atoms with Crippen molar-refractivity contribution < 1.29 is 23.9 Å². The van der Waals surface area contributed by atoms with Crippen LogP contribution in [0.1, 0.15) is 47.5 Å². The fourth-order valence-corrected chi connectivity index (χ4v) is 5.60. The topological polar surface area (TPSA) is 109 Å². The number of benzene rings is 1. The third-order valence-corrected chi connectivity index (χ3v) is 7.58. The van der Waals surface area contributed by atoms with Crippen LogP contribution in [-0.4, -0.2) is 83.2 Å². The molecule has 2 aromatic rings. The van der Waals surface area contributed by atoms with Gasteiger partial charge in [-0.1, -0.05) is 30.3 Å². The number of amides is 3. The van der Waals surface area contributed by atoms with Crippen LogP contribution in [0.2, 0.25) is 0 Å². The second kappa shape index (κ2) is 12.2. The van der Waals surface area contributed by atoms with Crippen LogP contribution in [0.3, 0.4) is 0 Å². The van der Waals surface area contributed by atoms with E-state index >= 15 is 0 Å². The number of piperazine rings is 1. The average molecular weight is 513 g/mol. The third-order valence-electron chi connectivity index (χ3n) is 6.79. The monoisotopic (exact) mass is 512 g/mol. The van der Waals surface area contributed by atoms with Gasteiger partial charge in [0.1, 0.15) is 6.04 Å². The molecule has 9 nitrogen and oxygen atoms in total. The van der Waals surface area contributed by atoms with Gasteiger partial charge in [0, 0.05) is 38.3 Å². The summed E-state index contributed by atoms with van der Waals surface area (Å²) in [5.41, 5.74) is 1.08. The molecule has 1 aromatic heterocycles. The number of thiazole rings is 1. The van der Waals surface area contributed by atoms with Gasteiger partial charge in [-0.2, -0.15) is 0 Å². The Hall–Kier alpha value is -3.11. The van der Waals surface area contributed by atoms with E-state index in [9.17, 15) is 19.2 Å². The quantitative estimate of drug-likeness (QED) is 0.365. The summed E-state index contributed by atoms with van der Waals surface area (Å²) < 4.78 is 5.10. The van der Waals surface area contributed by atoms with Crippen molar-refractivity contribution in [3.8, 4) is 0 Å². The SMILES string of the molecule is COCCCC(NC(=O)C1CCC2CN(C(=O)CCc3ccccc3)CC(=O)N21)C(=O)c1nccs1. The summed E-state index contributed by atoms with van der Waals surface area (Å²) in [5, 5.41) is 4.95. The van der Waals surface area contributed by atoms with E-state index in [-0.39, 0.29) is 36.1 Å². The van der Waals surface area contributed by atoms with Gasteiger partial charge in [0.25, 0.3) is 0 Å². The Kier molecular flexibility index (Phi) is 8.82. The van der Waals surface area contributed by atoms with Crippen molar-refractivity contribution in [3.63, 3.8) is 0 Å². The van der Waals surface area contributed by atoms with Crippen molar-refractivity contribution in [1.82, 2.24) is 20.1 Å². The number of carbonyl (C=O) groups excluding carboxylic acids is 4. The summed E-state index contributed by atoms with van der Waals surface area (Å²) in [6.45, 7) is 0.878. The molecule has 1 N–H and O–H groups in total. The van der Waals surface area contributed by atoms with Crippen molar-refractivity contribution in [3.05, 3.63) is 52.5 Å². The molecule has 0 bridgehead atoms. The molecule has 3 unspecified atom stereocenters. The first kappa shape index (κ1) is 26.0. The van der Waals surface area contributed by atoms with E-state index in [0.29, 0.717) is 56.7 Å². The molecular weight excluding hydrogens is 480 g/mol. The molecule has 36 heavy (non-hydrogen) atoms. The highest BCUT2D eigenvalue weighted by Crippen LogP contribution is 2.29. The van der Waals surface area contributed by atoms with Crippen LogP contribution in [0.4, 0.5) is 0 Å². The second-order valence-electron chi connectivity index (χ2n) is 9.21. The maximum absolute atomic E-state index is 13.3. The van der Waals surface area contributed by atoms with Crippen molar-refractivity contribution >= 4 is 34.8 Å². The lowest BCUT2D eigenvalue weighted by molar-refractivity contribution is -0.151. The largest absolute Gasteiger partial charge is 0.385 e. The molecule has 2 aliphatic heterocycles. The molecule has 4 rings (SSSR count). The predicted molar refractivity (Wildman–Crippen MR) is 134 cm³/mol. The standard InChI is InChI=1S/C26H32N4O5S/c1-35-14-5-8-20(24(33)26-27-13-15-36-26)28-25(34)21-11-10-19-16-29(17-23(32)30(19)21)22(31)12-9-18-6-3-2-4-7-18/h2-4,6-7,13,15,19-21H,5,8-12,14,16-17H2,1H3,(H,28,34). The number of ketones is 1. The Morgan fingerprint density at radius 2 is 2.03 bits per heavy atom. The summed E-state index contributed by atoms with van der Waals surface area (Å²) in [7, 11) is 1.59. The maximum atomic E-state index is 13.3. The lowest BCUT2D eigenvalue weighted by Gasteiger charge is -2.39. The van der Waals surface area contributed by atoms with Gasteiger partial charge in [-0.25, -0.2) is 4.98 Å². The molecule has 0 saturated carbocycles. The first-order valence-electron chi connectivity index (χ1n) is 12.3.